The van der Waals surface area contributed by atoms with Gasteiger partial charge >= 0.3 is 0 Å². The minimum absolute atomic E-state index is 0.579. The Morgan fingerprint density at radius 3 is 2.21 bits per heavy atom. The zero-order valence-electron chi connectivity index (χ0n) is 10.00. The topological polar surface area (TPSA) is 29.3 Å². The van der Waals surface area contributed by atoms with E-state index < -0.39 is 0 Å². The van der Waals surface area contributed by atoms with Crippen molar-refractivity contribution in [2.75, 3.05) is 19.6 Å². The van der Waals surface area contributed by atoms with Gasteiger partial charge in [-0.15, -0.1) is 0 Å². The second kappa shape index (κ2) is 5.72. The molecule has 1 heterocycles. The molecule has 0 spiro atoms. The molecule has 84 valence electrons. The van der Waals surface area contributed by atoms with E-state index in [-0.39, 0.29) is 0 Å². The normalized spacial score (nSPS) is 22.9. The van der Waals surface area contributed by atoms with E-state index in [0.717, 1.165) is 18.4 Å². The first-order chi connectivity index (χ1) is 6.63. The molecule has 0 aliphatic carbocycles. The highest BCUT2D eigenvalue weighted by Crippen LogP contribution is 2.24. The summed E-state index contributed by atoms with van der Waals surface area (Å²) in [7, 11) is 0. The average Bonchev–Trinajstić information content (AvgIpc) is 2.17. The van der Waals surface area contributed by atoms with Crippen LogP contribution in [0, 0.1) is 11.8 Å². The minimum atomic E-state index is 0.579. The molecular formula is C12H26N2. The maximum atomic E-state index is 5.68. The summed E-state index contributed by atoms with van der Waals surface area (Å²) in [6, 6.07) is 0.579. The molecule has 0 aromatic rings. The fourth-order valence-electron chi connectivity index (χ4n) is 2.45. The highest BCUT2D eigenvalue weighted by Gasteiger charge is 2.22. The molecule has 1 rings (SSSR count). The molecule has 1 unspecified atom stereocenters. The maximum Gasteiger partial charge on any atom is 0.0190 e. The van der Waals surface area contributed by atoms with Crippen LogP contribution in [0.25, 0.3) is 0 Å². The molecule has 1 fully saturated rings. The lowest BCUT2D eigenvalue weighted by Gasteiger charge is -2.36. The predicted octanol–water partition coefficient (Wildman–Crippen LogP) is 2.09. The van der Waals surface area contributed by atoms with Gasteiger partial charge in [-0.3, -0.25) is 4.90 Å². The van der Waals surface area contributed by atoms with Gasteiger partial charge in [0, 0.05) is 12.6 Å². The van der Waals surface area contributed by atoms with Crippen molar-refractivity contribution in [3.8, 4) is 0 Å². The lowest BCUT2D eigenvalue weighted by Crippen LogP contribution is -2.43. The van der Waals surface area contributed by atoms with Crippen molar-refractivity contribution in [3.63, 3.8) is 0 Å². The van der Waals surface area contributed by atoms with E-state index in [1.54, 1.807) is 0 Å². The van der Waals surface area contributed by atoms with Crippen LogP contribution in [0.5, 0.6) is 0 Å². The smallest absolute Gasteiger partial charge is 0.0190 e. The zero-order chi connectivity index (χ0) is 10.6. The zero-order valence-corrected chi connectivity index (χ0v) is 10.00. The van der Waals surface area contributed by atoms with Gasteiger partial charge in [0.25, 0.3) is 0 Å². The van der Waals surface area contributed by atoms with Crippen molar-refractivity contribution in [3.05, 3.63) is 0 Å². The van der Waals surface area contributed by atoms with Crippen molar-refractivity contribution in [2.24, 2.45) is 17.6 Å². The van der Waals surface area contributed by atoms with E-state index in [1.807, 2.05) is 0 Å². The van der Waals surface area contributed by atoms with Crippen LogP contribution in [0.4, 0.5) is 0 Å². The molecule has 0 aromatic heterocycles. The second-order valence-electron chi connectivity index (χ2n) is 5.19. The van der Waals surface area contributed by atoms with Crippen LogP contribution in [0.2, 0.25) is 0 Å². The van der Waals surface area contributed by atoms with Gasteiger partial charge in [0.05, 0.1) is 0 Å². The summed E-state index contributed by atoms with van der Waals surface area (Å²) in [5.74, 6) is 1.83. The standard InChI is InChI=1S/C12H26N2/c1-10(2)8-12-4-6-14(7-5-12)11(3)9-13/h10-12H,4-9,13H2,1-3H3. The molecule has 0 radical (unpaired) electrons. The first kappa shape index (κ1) is 12.0. The molecular weight excluding hydrogens is 172 g/mol. The molecule has 2 N–H and O–H groups in total. The molecule has 14 heavy (non-hydrogen) atoms. The number of piperidine rings is 1. The van der Waals surface area contributed by atoms with Crippen LogP contribution in [-0.2, 0) is 0 Å². The van der Waals surface area contributed by atoms with Gasteiger partial charge in [0.2, 0.25) is 0 Å². The predicted molar refractivity (Wildman–Crippen MR) is 62.3 cm³/mol. The number of rotatable bonds is 4. The average molecular weight is 198 g/mol. The van der Waals surface area contributed by atoms with Crippen molar-refractivity contribution in [1.82, 2.24) is 4.90 Å². The first-order valence-electron chi connectivity index (χ1n) is 6.07. The van der Waals surface area contributed by atoms with Gasteiger partial charge in [-0.25, -0.2) is 0 Å². The summed E-state index contributed by atoms with van der Waals surface area (Å²) < 4.78 is 0. The van der Waals surface area contributed by atoms with Crippen molar-refractivity contribution in [2.45, 2.75) is 46.1 Å². The lowest BCUT2D eigenvalue weighted by atomic mass is 9.88. The molecule has 1 aliphatic rings. The van der Waals surface area contributed by atoms with Crippen molar-refractivity contribution >= 4 is 0 Å². The van der Waals surface area contributed by atoms with Gasteiger partial charge in [-0.2, -0.15) is 0 Å². The van der Waals surface area contributed by atoms with E-state index in [1.165, 1.54) is 32.4 Å². The first-order valence-corrected chi connectivity index (χ1v) is 6.07. The van der Waals surface area contributed by atoms with E-state index in [4.69, 9.17) is 5.73 Å². The van der Waals surface area contributed by atoms with E-state index in [9.17, 15) is 0 Å². The Morgan fingerprint density at radius 1 is 1.21 bits per heavy atom. The summed E-state index contributed by atoms with van der Waals surface area (Å²) >= 11 is 0. The van der Waals surface area contributed by atoms with Crippen molar-refractivity contribution in [1.29, 1.82) is 0 Å². The molecule has 1 saturated heterocycles. The van der Waals surface area contributed by atoms with Gasteiger partial charge < -0.3 is 5.73 Å². The fourth-order valence-corrected chi connectivity index (χ4v) is 2.45. The van der Waals surface area contributed by atoms with Crippen LogP contribution in [-0.4, -0.2) is 30.6 Å². The molecule has 1 atom stereocenters. The summed E-state index contributed by atoms with van der Waals surface area (Å²) in [6.45, 7) is 10.2. The molecule has 0 bridgehead atoms. The summed E-state index contributed by atoms with van der Waals surface area (Å²) in [5, 5.41) is 0. The third kappa shape index (κ3) is 3.58. The molecule has 2 nitrogen and oxygen atoms in total. The number of nitrogens with zero attached hydrogens (tertiary/aromatic N) is 1. The lowest BCUT2D eigenvalue weighted by molar-refractivity contribution is 0.135. The number of nitrogens with two attached hydrogens (primary N) is 1. The van der Waals surface area contributed by atoms with Gasteiger partial charge in [-0.1, -0.05) is 13.8 Å². The van der Waals surface area contributed by atoms with Crippen LogP contribution < -0.4 is 5.73 Å². The van der Waals surface area contributed by atoms with Gasteiger partial charge in [-0.05, 0) is 51.1 Å². The van der Waals surface area contributed by atoms with Crippen LogP contribution in [0.15, 0.2) is 0 Å². The summed E-state index contributed by atoms with van der Waals surface area (Å²) in [4.78, 5) is 2.54. The number of hydrogen-bond donors (Lipinski definition) is 1. The van der Waals surface area contributed by atoms with Crippen molar-refractivity contribution < 1.29 is 0 Å². The Bertz CT molecular complexity index is 148. The van der Waals surface area contributed by atoms with Crippen LogP contribution in [0.1, 0.15) is 40.0 Å². The monoisotopic (exact) mass is 198 g/mol. The quantitative estimate of drug-likeness (QED) is 0.749. The van der Waals surface area contributed by atoms with Gasteiger partial charge in [0.1, 0.15) is 0 Å². The molecule has 2 heteroatoms. The molecule has 0 saturated carbocycles. The number of hydrogen-bond acceptors (Lipinski definition) is 2. The third-order valence-corrected chi connectivity index (χ3v) is 3.42. The molecule has 0 amide bonds. The SMILES string of the molecule is CC(C)CC1CCN(C(C)CN)CC1. The summed E-state index contributed by atoms with van der Waals surface area (Å²) in [6.07, 6.45) is 4.16. The fraction of sp³-hybridized carbons (Fsp3) is 1.00. The highest BCUT2D eigenvalue weighted by atomic mass is 15.2. The third-order valence-electron chi connectivity index (χ3n) is 3.42. The molecule has 0 aromatic carbocycles. The Labute approximate surface area is 88.8 Å². The Balaban J connectivity index is 2.24. The molecule has 1 aliphatic heterocycles. The van der Waals surface area contributed by atoms with Crippen LogP contribution in [0.3, 0.4) is 0 Å². The highest BCUT2D eigenvalue weighted by molar-refractivity contribution is 4.77. The van der Waals surface area contributed by atoms with E-state index in [0.29, 0.717) is 6.04 Å². The summed E-state index contributed by atoms with van der Waals surface area (Å²) in [5.41, 5.74) is 5.68. The Kier molecular flexibility index (Phi) is 4.90. The maximum absolute atomic E-state index is 5.68. The van der Waals surface area contributed by atoms with Gasteiger partial charge in [0.15, 0.2) is 0 Å². The second-order valence-corrected chi connectivity index (χ2v) is 5.19. The Morgan fingerprint density at radius 2 is 1.79 bits per heavy atom. The largest absolute Gasteiger partial charge is 0.329 e. The van der Waals surface area contributed by atoms with Crippen LogP contribution >= 0.6 is 0 Å². The van der Waals surface area contributed by atoms with E-state index >= 15 is 0 Å². The van der Waals surface area contributed by atoms with E-state index in [2.05, 4.69) is 25.7 Å². The Hall–Kier alpha value is -0.0800. The number of likely N-dealkylation sites (tertiary alicyclic amines) is 1. The minimum Gasteiger partial charge on any atom is -0.329 e.